The molecule has 1 unspecified atom stereocenters. The van der Waals surface area contributed by atoms with Crippen molar-refractivity contribution in [3.63, 3.8) is 0 Å². The third-order valence-electron chi connectivity index (χ3n) is 3.69. The molecule has 1 saturated heterocycles. The van der Waals surface area contributed by atoms with Gasteiger partial charge in [0.2, 0.25) is 5.91 Å². The number of alkyl halides is 3. The van der Waals surface area contributed by atoms with E-state index in [0.29, 0.717) is 17.4 Å². The molecule has 1 amide bonds. The first-order valence-electron chi connectivity index (χ1n) is 6.61. The van der Waals surface area contributed by atoms with E-state index in [0.717, 1.165) is 25.1 Å². The lowest BCUT2D eigenvalue weighted by atomic mass is 9.82. The number of carbonyl (C=O) groups is 1. The monoisotopic (exact) mass is 364 g/mol. The molecule has 1 heterocycles. The third kappa shape index (κ3) is 3.77. The SMILES string of the molecule is CC1(C(=O)Nc2cc(C(F)(F)F)ccc2Br)CCCNC1. The van der Waals surface area contributed by atoms with Crippen molar-refractivity contribution in [2.45, 2.75) is 25.9 Å². The molecule has 1 fully saturated rings. The average Bonchev–Trinajstić information content (AvgIpc) is 2.40. The number of nitrogens with one attached hydrogen (secondary N) is 2. The molecule has 1 aromatic carbocycles. The molecule has 0 radical (unpaired) electrons. The van der Waals surface area contributed by atoms with Gasteiger partial charge in [0.15, 0.2) is 0 Å². The summed E-state index contributed by atoms with van der Waals surface area (Å²) in [6.45, 7) is 3.20. The standard InChI is InChI=1S/C14H16BrF3N2O/c1-13(5-2-6-19-8-13)12(21)20-11-7-9(14(16,17)18)3-4-10(11)15/h3-4,7,19H,2,5-6,8H2,1H3,(H,20,21). The van der Waals surface area contributed by atoms with Crippen LogP contribution in [0, 0.1) is 5.41 Å². The van der Waals surface area contributed by atoms with E-state index in [-0.39, 0.29) is 11.6 Å². The van der Waals surface area contributed by atoms with Gasteiger partial charge in [-0.3, -0.25) is 4.79 Å². The fraction of sp³-hybridized carbons (Fsp3) is 0.500. The normalized spacial score (nSPS) is 22.9. The molecule has 1 aliphatic rings. The highest BCUT2D eigenvalue weighted by Gasteiger charge is 2.35. The maximum Gasteiger partial charge on any atom is 0.416 e. The quantitative estimate of drug-likeness (QED) is 0.837. The number of anilines is 1. The van der Waals surface area contributed by atoms with Gasteiger partial charge in [-0.15, -0.1) is 0 Å². The van der Waals surface area contributed by atoms with Gasteiger partial charge in [-0.25, -0.2) is 0 Å². The Balaban J connectivity index is 2.20. The Morgan fingerprint density at radius 3 is 2.71 bits per heavy atom. The van der Waals surface area contributed by atoms with Crippen LogP contribution in [0.3, 0.4) is 0 Å². The molecule has 1 aliphatic heterocycles. The summed E-state index contributed by atoms with van der Waals surface area (Å²) in [6.07, 6.45) is -2.85. The number of amides is 1. The maximum absolute atomic E-state index is 12.7. The lowest BCUT2D eigenvalue weighted by molar-refractivity contribution is -0.137. The van der Waals surface area contributed by atoms with Crippen LogP contribution in [-0.4, -0.2) is 19.0 Å². The molecule has 0 spiro atoms. The molecule has 21 heavy (non-hydrogen) atoms. The molecule has 1 atom stereocenters. The van der Waals surface area contributed by atoms with E-state index in [2.05, 4.69) is 26.6 Å². The Bertz CT molecular complexity index is 540. The number of rotatable bonds is 2. The smallest absolute Gasteiger partial charge is 0.325 e. The first-order chi connectivity index (χ1) is 9.72. The molecule has 7 heteroatoms. The summed E-state index contributed by atoms with van der Waals surface area (Å²) in [5, 5.41) is 5.75. The molecule has 0 bridgehead atoms. The second-order valence-corrected chi connectivity index (χ2v) is 6.34. The van der Waals surface area contributed by atoms with E-state index < -0.39 is 17.2 Å². The Morgan fingerprint density at radius 2 is 2.14 bits per heavy atom. The van der Waals surface area contributed by atoms with Crippen molar-refractivity contribution in [3.05, 3.63) is 28.2 Å². The Kier molecular flexibility index (Phi) is 4.63. The summed E-state index contributed by atoms with van der Waals surface area (Å²) in [5.74, 6) is -0.269. The van der Waals surface area contributed by atoms with Gasteiger partial charge in [-0.2, -0.15) is 13.2 Å². The molecule has 2 rings (SSSR count). The van der Waals surface area contributed by atoms with Gasteiger partial charge in [0.25, 0.3) is 0 Å². The van der Waals surface area contributed by atoms with Crippen LogP contribution in [0.1, 0.15) is 25.3 Å². The number of hydrogen-bond acceptors (Lipinski definition) is 2. The fourth-order valence-corrected chi connectivity index (χ4v) is 2.67. The van der Waals surface area contributed by atoms with E-state index in [1.54, 1.807) is 0 Å². The molecule has 3 nitrogen and oxygen atoms in total. The van der Waals surface area contributed by atoms with Crippen LogP contribution < -0.4 is 10.6 Å². The zero-order chi connectivity index (χ0) is 15.7. The van der Waals surface area contributed by atoms with E-state index in [1.807, 2.05) is 6.92 Å². The molecular weight excluding hydrogens is 349 g/mol. The second-order valence-electron chi connectivity index (χ2n) is 5.49. The van der Waals surface area contributed by atoms with Crippen LogP contribution in [0.2, 0.25) is 0 Å². The summed E-state index contributed by atoms with van der Waals surface area (Å²) in [4.78, 5) is 12.3. The molecule has 0 aromatic heterocycles. The maximum atomic E-state index is 12.7. The molecule has 116 valence electrons. The predicted molar refractivity (Wildman–Crippen MR) is 78.0 cm³/mol. The Labute approximate surface area is 129 Å². The van der Waals surface area contributed by atoms with Gasteiger partial charge < -0.3 is 10.6 Å². The van der Waals surface area contributed by atoms with Crippen molar-refractivity contribution in [1.29, 1.82) is 0 Å². The van der Waals surface area contributed by atoms with Crippen LogP contribution in [0.25, 0.3) is 0 Å². The van der Waals surface area contributed by atoms with Crippen molar-refractivity contribution in [2.75, 3.05) is 18.4 Å². The van der Waals surface area contributed by atoms with Crippen molar-refractivity contribution in [1.82, 2.24) is 5.32 Å². The van der Waals surface area contributed by atoms with E-state index in [4.69, 9.17) is 0 Å². The summed E-state index contributed by atoms with van der Waals surface area (Å²) >= 11 is 3.17. The molecule has 0 saturated carbocycles. The number of benzene rings is 1. The van der Waals surface area contributed by atoms with Gasteiger partial charge in [0.1, 0.15) is 0 Å². The summed E-state index contributed by atoms with van der Waals surface area (Å²) in [7, 11) is 0. The zero-order valence-electron chi connectivity index (χ0n) is 11.5. The van der Waals surface area contributed by atoms with Crippen LogP contribution in [-0.2, 0) is 11.0 Å². The summed E-state index contributed by atoms with van der Waals surface area (Å²) in [5.41, 5.74) is -1.25. The van der Waals surface area contributed by atoms with Crippen LogP contribution in [0.5, 0.6) is 0 Å². The summed E-state index contributed by atoms with van der Waals surface area (Å²) < 4.78 is 38.6. The topological polar surface area (TPSA) is 41.1 Å². The molecular formula is C14H16BrF3N2O. The van der Waals surface area contributed by atoms with Gasteiger partial charge in [-0.05, 0) is 60.4 Å². The number of halogens is 4. The minimum atomic E-state index is -4.43. The van der Waals surface area contributed by atoms with Crippen molar-refractivity contribution >= 4 is 27.5 Å². The van der Waals surface area contributed by atoms with E-state index in [1.165, 1.54) is 6.07 Å². The lowest BCUT2D eigenvalue weighted by Crippen LogP contribution is -2.46. The largest absolute Gasteiger partial charge is 0.416 e. The molecule has 1 aromatic rings. The van der Waals surface area contributed by atoms with E-state index in [9.17, 15) is 18.0 Å². The number of piperidine rings is 1. The van der Waals surface area contributed by atoms with Crippen LogP contribution in [0.15, 0.2) is 22.7 Å². The second kappa shape index (κ2) is 5.96. The average molecular weight is 365 g/mol. The fourth-order valence-electron chi connectivity index (χ4n) is 2.32. The minimum absolute atomic E-state index is 0.140. The van der Waals surface area contributed by atoms with Crippen molar-refractivity contribution < 1.29 is 18.0 Å². The van der Waals surface area contributed by atoms with Crippen LogP contribution in [0.4, 0.5) is 18.9 Å². The predicted octanol–water partition coefficient (Wildman–Crippen LogP) is 3.80. The molecule has 0 aliphatic carbocycles. The van der Waals surface area contributed by atoms with Crippen molar-refractivity contribution in [3.8, 4) is 0 Å². The highest BCUT2D eigenvalue weighted by molar-refractivity contribution is 9.10. The Morgan fingerprint density at radius 1 is 1.43 bits per heavy atom. The Hall–Kier alpha value is -1.08. The van der Waals surface area contributed by atoms with Gasteiger partial charge >= 0.3 is 6.18 Å². The van der Waals surface area contributed by atoms with Gasteiger partial charge in [0.05, 0.1) is 16.7 Å². The third-order valence-corrected chi connectivity index (χ3v) is 4.38. The van der Waals surface area contributed by atoms with Crippen LogP contribution >= 0.6 is 15.9 Å². The van der Waals surface area contributed by atoms with E-state index >= 15 is 0 Å². The highest BCUT2D eigenvalue weighted by Crippen LogP contribution is 2.35. The molecule has 2 N–H and O–H groups in total. The van der Waals surface area contributed by atoms with Gasteiger partial charge in [0, 0.05) is 11.0 Å². The summed E-state index contributed by atoms with van der Waals surface area (Å²) in [6, 6.07) is 3.21. The lowest BCUT2D eigenvalue weighted by Gasteiger charge is -2.32. The number of carbonyl (C=O) groups excluding carboxylic acids is 1. The highest BCUT2D eigenvalue weighted by atomic mass is 79.9. The number of hydrogen-bond donors (Lipinski definition) is 2. The van der Waals surface area contributed by atoms with Gasteiger partial charge in [-0.1, -0.05) is 0 Å². The zero-order valence-corrected chi connectivity index (χ0v) is 13.1. The first-order valence-corrected chi connectivity index (χ1v) is 7.41. The van der Waals surface area contributed by atoms with Crippen molar-refractivity contribution in [2.24, 2.45) is 5.41 Å². The first kappa shape index (κ1) is 16.3. The minimum Gasteiger partial charge on any atom is -0.325 e.